The van der Waals surface area contributed by atoms with Crippen LogP contribution in [0.5, 0.6) is 0 Å². The molecule has 5 rings (SSSR count). The number of benzene rings is 4. The minimum atomic E-state index is -0.887. The highest BCUT2D eigenvalue weighted by Gasteiger charge is 2.42. The first-order valence-corrected chi connectivity index (χ1v) is 13.3. The zero-order valence-corrected chi connectivity index (χ0v) is 21.7. The highest BCUT2D eigenvalue weighted by atomic mass is 16.5. The Hall–Kier alpha value is -4.02. The fraction of sp³-hybridized carbons (Fsp3) is 0.235. The molecular formula is C34H33NO3. The van der Waals surface area contributed by atoms with Gasteiger partial charge in [0, 0.05) is 12.8 Å². The van der Waals surface area contributed by atoms with Gasteiger partial charge in [-0.05, 0) is 34.6 Å². The van der Waals surface area contributed by atoms with Crippen molar-refractivity contribution >= 4 is 11.8 Å². The van der Waals surface area contributed by atoms with Gasteiger partial charge in [-0.1, -0.05) is 128 Å². The quantitative estimate of drug-likeness (QED) is 0.239. The molecule has 4 heteroatoms. The third-order valence-corrected chi connectivity index (χ3v) is 7.48. The number of hydrogen-bond donors (Lipinski definition) is 0. The standard InChI is InChI=1S/C34H33NO3/c1-26(27-14-6-2-7-15-27)24-33(37)35-31(22-23-32(35)36)25-38-34(28-16-8-3-9-17-28,29-18-10-4-11-19-29)30-20-12-5-13-21-30/h2-21,26,31H,22-25H2,1H3/t26-,31+/m1/s1. The molecular weight excluding hydrogens is 470 g/mol. The van der Waals surface area contributed by atoms with E-state index in [0.717, 1.165) is 22.3 Å². The second-order valence-corrected chi connectivity index (χ2v) is 9.96. The van der Waals surface area contributed by atoms with Crippen molar-refractivity contribution in [3.05, 3.63) is 144 Å². The lowest BCUT2D eigenvalue weighted by Gasteiger charge is -2.37. The van der Waals surface area contributed by atoms with Crippen molar-refractivity contribution in [2.45, 2.75) is 43.7 Å². The van der Waals surface area contributed by atoms with Gasteiger partial charge in [-0.2, -0.15) is 0 Å². The molecule has 1 heterocycles. The van der Waals surface area contributed by atoms with Gasteiger partial charge in [0.1, 0.15) is 5.60 Å². The number of rotatable bonds is 9. The minimum Gasteiger partial charge on any atom is -0.359 e. The van der Waals surface area contributed by atoms with E-state index >= 15 is 0 Å². The molecule has 1 fully saturated rings. The molecule has 2 amide bonds. The van der Waals surface area contributed by atoms with Gasteiger partial charge in [0.05, 0.1) is 12.6 Å². The zero-order chi connectivity index (χ0) is 26.4. The average molecular weight is 504 g/mol. The van der Waals surface area contributed by atoms with Crippen LogP contribution in [-0.2, 0) is 19.9 Å². The molecule has 38 heavy (non-hydrogen) atoms. The van der Waals surface area contributed by atoms with E-state index in [1.807, 2.05) is 91.9 Å². The number of likely N-dealkylation sites (tertiary alicyclic amines) is 1. The van der Waals surface area contributed by atoms with Gasteiger partial charge >= 0.3 is 0 Å². The largest absolute Gasteiger partial charge is 0.359 e. The van der Waals surface area contributed by atoms with Crippen molar-refractivity contribution in [1.82, 2.24) is 4.90 Å². The van der Waals surface area contributed by atoms with Crippen molar-refractivity contribution in [3.8, 4) is 0 Å². The molecule has 0 aromatic heterocycles. The summed E-state index contributed by atoms with van der Waals surface area (Å²) in [6.45, 7) is 2.28. The van der Waals surface area contributed by atoms with E-state index in [2.05, 4.69) is 36.4 Å². The van der Waals surface area contributed by atoms with Gasteiger partial charge in [0.2, 0.25) is 11.8 Å². The van der Waals surface area contributed by atoms with E-state index in [1.54, 1.807) is 0 Å². The lowest BCUT2D eigenvalue weighted by molar-refractivity contribution is -0.146. The summed E-state index contributed by atoms with van der Waals surface area (Å²) in [4.78, 5) is 27.8. The Labute approximate surface area is 224 Å². The van der Waals surface area contributed by atoms with Gasteiger partial charge in [-0.25, -0.2) is 0 Å². The summed E-state index contributed by atoms with van der Waals surface area (Å²) in [7, 11) is 0. The predicted molar refractivity (Wildman–Crippen MR) is 150 cm³/mol. The van der Waals surface area contributed by atoms with Crippen molar-refractivity contribution < 1.29 is 14.3 Å². The van der Waals surface area contributed by atoms with Crippen molar-refractivity contribution in [2.75, 3.05) is 6.61 Å². The highest BCUT2D eigenvalue weighted by Crippen LogP contribution is 2.41. The molecule has 0 saturated carbocycles. The molecule has 1 aliphatic rings. The van der Waals surface area contributed by atoms with Crippen LogP contribution in [0.2, 0.25) is 0 Å². The molecule has 0 spiro atoms. The van der Waals surface area contributed by atoms with Crippen LogP contribution in [0, 0.1) is 0 Å². The summed E-state index contributed by atoms with van der Waals surface area (Å²) in [6.07, 6.45) is 1.24. The summed E-state index contributed by atoms with van der Waals surface area (Å²) in [6, 6.07) is 40.2. The van der Waals surface area contributed by atoms with Crippen molar-refractivity contribution in [2.24, 2.45) is 0 Å². The molecule has 192 valence electrons. The first kappa shape index (κ1) is 25.6. The summed E-state index contributed by atoms with van der Waals surface area (Å²) < 4.78 is 6.94. The zero-order valence-electron chi connectivity index (χ0n) is 21.7. The van der Waals surface area contributed by atoms with E-state index in [-0.39, 0.29) is 36.8 Å². The van der Waals surface area contributed by atoms with Gasteiger partial charge in [-0.3, -0.25) is 14.5 Å². The summed E-state index contributed by atoms with van der Waals surface area (Å²) in [5.41, 5.74) is 3.20. The highest BCUT2D eigenvalue weighted by molar-refractivity contribution is 5.97. The second-order valence-electron chi connectivity index (χ2n) is 9.96. The van der Waals surface area contributed by atoms with Gasteiger partial charge < -0.3 is 4.74 Å². The smallest absolute Gasteiger partial charge is 0.230 e. The molecule has 0 unspecified atom stereocenters. The van der Waals surface area contributed by atoms with Gasteiger partial charge in [-0.15, -0.1) is 0 Å². The van der Waals surface area contributed by atoms with Crippen molar-refractivity contribution in [3.63, 3.8) is 0 Å². The van der Waals surface area contributed by atoms with E-state index in [0.29, 0.717) is 12.8 Å². The summed E-state index contributed by atoms with van der Waals surface area (Å²) in [5, 5.41) is 0. The predicted octanol–water partition coefficient (Wildman–Crippen LogP) is 6.71. The Morgan fingerprint density at radius 3 is 1.71 bits per heavy atom. The second kappa shape index (κ2) is 11.6. The van der Waals surface area contributed by atoms with Crippen LogP contribution >= 0.6 is 0 Å². The van der Waals surface area contributed by atoms with Crippen LogP contribution in [0.4, 0.5) is 0 Å². The third kappa shape index (κ3) is 5.18. The number of carbonyl (C=O) groups is 2. The van der Waals surface area contributed by atoms with Gasteiger partial charge in [0.25, 0.3) is 0 Å². The summed E-state index contributed by atoms with van der Waals surface area (Å²) >= 11 is 0. The lowest BCUT2D eigenvalue weighted by atomic mass is 9.80. The number of carbonyl (C=O) groups excluding carboxylic acids is 2. The average Bonchev–Trinajstić information content (AvgIpc) is 3.35. The number of ether oxygens (including phenoxy) is 1. The number of imide groups is 1. The van der Waals surface area contributed by atoms with Crippen LogP contribution in [0.15, 0.2) is 121 Å². The maximum Gasteiger partial charge on any atom is 0.230 e. The first-order chi connectivity index (χ1) is 18.6. The Morgan fingerprint density at radius 1 is 0.789 bits per heavy atom. The SMILES string of the molecule is C[C@H](CC(=O)N1C(=O)CC[C@H]1COC(c1ccccc1)(c1ccccc1)c1ccccc1)c1ccccc1. The molecule has 1 aliphatic heterocycles. The normalized spacial score (nSPS) is 16.4. The lowest BCUT2D eigenvalue weighted by Crippen LogP contribution is -2.44. The van der Waals surface area contributed by atoms with Crippen LogP contribution in [0.3, 0.4) is 0 Å². The Bertz CT molecular complexity index is 1240. The van der Waals surface area contributed by atoms with Crippen LogP contribution < -0.4 is 0 Å². The molecule has 4 nitrogen and oxygen atoms in total. The Morgan fingerprint density at radius 2 is 1.24 bits per heavy atom. The fourth-order valence-electron chi connectivity index (χ4n) is 5.49. The minimum absolute atomic E-state index is 0.0238. The van der Waals surface area contributed by atoms with E-state index < -0.39 is 5.60 Å². The fourth-order valence-corrected chi connectivity index (χ4v) is 5.49. The molecule has 0 N–H and O–H groups in total. The molecule has 4 aromatic rings. The first-order valence-electron chi connectivity index (χ1n) is 13.3. The Balaban J connectivity index is 1.45. The summed E-state index contributed by atoms with van der Waals surface area (Å²) in [5.74, 6) is -0.230. The maximum atomic E-state index is 13.4. The topological polar surface area (TPSA) is 46.6 Å². The Kier molecular flexibility index (Phi) is 7.81. The van der Waals surface area contributed by atoms with Crippen LogP contribution in [-0.4, -0.2) is 29.4 Å². The van der Waals surface area contributed by atoms with E-state index in [4.69, 9.17) is 4.74 Å². The molecule has 1 saturated heterocycles. The number of amides is 2. The van der Waals surface area contributed by atoms with E-state index in [9.17, 15) is 9.59 Å². The van der Waals surface area contributed by atoms with Gasteiger partial charge in [0.15, 0.2) is 0 Å². The molecule has 0 bridgehead atoms. The van der Waals surface area contributed by atoms with Crippen molar-refractivity contribution in [1.29, 1.82) is 0 Å². The number of nitrogens with zero attached hydrogens (tertiary/aromatic N) is 1. The molecule has 0 radical (unpaired) electrons. The van der Waals surface area contributed by atoms with Crippen LogP contribution in [0.1, 0.15) is 54.4 Å². The monoisotopic (exact) mass is 503 g/mol. The molecule has 2 atom stereocenters. The molecule has 0 aliphatic carbocycles. The maximum absolute atomic E-state index is 13.4. The van der Waals surface area contributed by atoms with Crippen LogP contribution in [0.25, 0.3) is 0 Å². The third-order valence-electron chi connectivity index (χ3n) is 7.48. The number of hydrogen-bond acceptors (Lipinski definition) is 3. The van der Waals surface area contributed by atoms with E-state index in [1.165, 1.54) is 4.90 Å². The molecule has 4 aromatic carbocycles.